The third-order valence-corrected chi connectivity index (χ3v) is 3.86. The molecule has 0 saturated heterocycles. The highest BCUT2D eigenvalue weighted by Gasteiger charge is 1.99. The van der Waals surface area contributed by atoms with Crippen LogP contribution in [0.1, 0.15) is 17.5 Å². The number of rotatable bonds is 10. The number of nitrogens with zero attached hydrogens (tertiary/aromatic N) is 1. The quantitative estimate of drug-likeness (QED) is 0.557. The number of pyridine rings is 1. The Morgan fingerprint density at radius 2 is 1.65 bits per heavy atom. The highest BCUT2D eigenvalue weighted by molar-refractivity contribution is 5.29. The lowest BCUT2D eigenvalue weighted by Gasteiger charge is -2.09. The van der Waals surface area contributed by atoms with Gasteiger partial charge in [-0.25, -0.2) is 4.98 Å². The van der Waals surface area contributed by atoms with Crippen molar-refractivity contribution in [2.75, 3.05) is 13.2 Å². The number of hydrogen-bond acceptors (Lipinski definition) is 4. The number of ether oxygens (including phenoxy) is 2. The summed E-state index contributed by atoms with van der Waals surface area (Å²) in [7, 11) is 0. The molecule has 4 nitrogen and oxygen atoms in total. The molecular formula is C22H24N2O2. The van der Waals surface area contributed by atoms with Gasteiger partial charge in [0.1, 0.15) is 12.4 Å². The Hall–Kier alpha value is -2.85. The second-order valence-corrected chi connectivity index (χ2v) is 5.97. The Bertz CT molecular complexity index is 763. The number of nitrogens with one attached hydrogen (secondary N) is 1. The summed E-state index contributed by atoms with van der Waals surface area (Å²) in [6.45, 7) is 2.95. The van der Waals surface area contributed by atoms with Crippen LogP contribution in [-0.4, -0.2) is 18.1 Å². The van der Waals surface area contributed by atoms with Gasteiger partial charge in [-0.1, -0.05) is 48.5 Å². The van der Waals surface area contributed by atoms with E-state index in [1.54, 1.807) is 6.20 Å². The van der Waals surface area contributed by atoms with Crippen molar-refractivity contribution in [3.05, 3.63) is 90.1 Å². The Labute approximate surface area is 154 Å². The zero-order chi connectivity index (χ0) is 17.9. The summed E-state index contributed by atoms with van der Waals surface area (Å²) < 4.78 is 11.5. The van der Waals surface area contributed by atoms with Gasteiger partial charge in [-0.05, 0) is 42.3 Å². The van der Waals surface area contributed by atoms with Gasteiger partial charge >= 0.3 is 0 Å². The maximum absolute atomic E-state index is 5.87. The van der Waals surface area contributed by atoms with Gasteiger partial charge in [0.2, 0.25) is 5.88 Å². The summed E-state index contributed by atoms with van der Waals surface area (Å²) in [6.07, 6.45) is 2.67. The van der Waals surface area contributed by atoms with Gasteiger partial charge in [0.15, 0.2) is 0 Å². The van der Waals surface area contributed by atoms with Gasteiger partial charge in [0.25, 0.3) is 0 Å². The van der Waals surface area contributed by atoms with Crippen molar-refractivity contribution in [3.8, 4) is 11.6 Å². The van der Waals surface area contributed by atoms with Crippen LogP contribution in [0.3, 0.4) is 0 Å². The van der Waals surface area contributed by atoms with Gasteiger partial charge in [-0.3, -0.25) is 0 Å². The second kappa shape index (κ2) is 10.2. The average Bonchev–Trinajstić information content (AvgIpc) is 2.71. The molecule has 0 unspecified atom stereocenters. The van der Waals surface area contributed by atoms with Crippen molar-refractivity contribution >= 4 is 0 Å². The third kappa shape index (κ3) is 6.22. The monoisotopic (exact) mass is 348 g/mol. The molecule has 0 atom stereocenters. The zero-order valence-corrected chi connectivity index (χ0v) is 14.8. The Morgan fingerprint density at radius 3 is 2.50 bits per heavy atom. The van der Waals surface area contributed by atoms with E-state index in [1.807, 2.05) is 48.5 Å². The van der Waals surface area contributed by atoms with Crippen LogP contribution in [0.25, 0.3) is 0 Å². The molecule has 3 rings (SSSR count). The van der Waals surface area contributed by atoms with E-state index in [1.165, 1.54) is 11.1 Å². The van der Waals surface area contributed by atoms with Crippen LogP contribution in [0.4, 0.5) is 0 Å². The fourth-order valence-corrected chi connectivity index (χ4v) is 2.53. The first kappa shape index (κ1) is 18.0. The number of benzene rings is 2. The van der Waals surface area contributed by atoms with E-state index in [4.69, 9.17) is 9.47 Å². The highest BCUT2D eigenvalue weighted by atomic mass is 16.5. The van der Waals surface area contributed by atoms with Crippen LogP contribution in [0.5, 0.6) is 11.6 Å². The SMILES string of the molecule is c1ccc(COc2cccc(CNCCCOc3ccccn3)c2)cc1. The molecule has 2 aromatic carbocycles. The molecule has 0 aliphatic heterocycles. The summed E-state index contributed by atoms with van der Waals surface area (Å²) in [6, 6.07) is 24.1. The lowest BCUT2D eigenvalue weighted by Crippen LogP contribution is -2.17. The molecule has 1 N–H and O–H groups in total. The van der Waals surface area contributed by atoms with Crippen LogP contribution < -0.4 is 14.8 Å². The number of aromatic nitrogens is 1. The van der Waals surface area contributed by atoms with Crippen LogP contribution in [0, 0.1) is 0 Å². The van der Waals surface area contributed by atoms with Gasteiger partial charge in [0.05, 0.1) is 6.61 Å². The maximum atomic E-state index is 5.87. The summed E-state index contributed by atoms with van der Waals surface area (Å²) in [5, 5.41) is 3.43. The lowest BCUT2D eigenvalue weighted by molar-refractivity contribution is 0.296. The maximum Gasteiger partial charge on any atom is 0.213 e. The molecular weight excluding hydrogens is 324 g/mol. The molecule has 1 aromatic heterocycles. The largest absolute Gasteiger partial charge is 0.489 e. The summed E-state index contributed by atoms with van der Waals surface area (Å²) in [4.78, 5) is 4.14. The first-order chi connectivity index (χ1) is 12.9. The predicted octanol–water partition coefficient (Wildman–Crippen LogP) is 4.22. The summed E-state index contributed by atoms with van der Waals surface area (Å²) in [5.74, 6) is 1.57. The lowest BCUT2D eigenvalue weighted by atomic mass is 10.2. The van der Waals surface area contributed by atoms with Crippen LogP contribution in [0.2, 0.25) is 0 Å². The smallest absolute Gasteiger partial charge is 0.213 e. The first-order valence-electron chi connectivity index (χ1n) is 8.90. The Balaban J connectivity index is 1.34. The van der Waals surface area contributed by atoms with Gasteiger partial charge in [-0.15, -0.1) is 0 Å². The molecule has 4 heteroatoms. The minimum Gasteiger partial charge on any atom is -0.489 e. The van der Waals surface area contributed by atoms with Gasteiger partial charge in [0, 0.05) is 18.8 Å². The molecule has 134 valence electrons. The van der Waals surface area contributed by atoms with E-state index in [0.717, 1.165) is 25.3 Å². The minimum atomic E-state index is 0.586. The van der Waals surface area contributed by atoms with Crippen molar-refractivity contribution in [3.63, 3.8) is 0 Å². The first-order valence-corrected chi connectivity index (χ1v) is 8.90. The minimum absolute atomic E-state index is 0.586. The molecule has 0 spiro atoms. The Kier molecular flexibility index (Phi) is 7.05. The molecule has 0 aliphatic rings. The standard InChI is InChI=1S/C22H24N2O2/c1-2-8-19(9-3-1)18-26-21-11-6-10-20(16-21)17-23-13-7-15-25-22-12-4-5-14-24-22/h1-6,8-12,14,16,23H,7,13,15,17-18H2. The molecule has 1 heterocycles. The van der Waals surface area contributed by atoms with E-state index in [-0.39, 0.29) is 0 Å². The molecule has 0 radical (unpaired) electrons. The van der Waals surface area contributed by atoms with Crippen LogP contribution in [0.15, 0.2) is 79.0 Å². The van der Waals surface area contributed by atoms with Crippen molar-refractivity contribution < 1.29 is 9.47 Å². The van der Waals surface area contributed by atoms with Crippen LogP contribution >= 0.6 is 0 Å². The van der Waals surface area contributed by atoms with Crippen molar-refractivity contribution in [1.82, 2.24) is 10.3 Å². The van der Waals surface area contributed by atoms with E-state index in [9.17, 15) is 0 Å². The van der Waals surface area contributed by atoms with Crippen LogP contribution in [-0.2, 0) is 13.2 Å². The molecule has 0 fully saturated rings. The molecule has 0 aliphatic carbocycles. The fourth-order valence-electron chi connectivity index (χ4n) is 2.53. The molecule has 0 amide bonds. The van der Waals surface area contributed by atoms with Crippen molar-refractivity contribution in [2.45, 2.75) is 19.6 Å². The zero-order valence-electron chi connectivity index (χ0n) is 14.8. The van der Waals surface area contributed by atoms with Crippen molar-refractivity contribution in [1.29, 1.82) is 0 Å². The van der Waals surface area contributed by atoms with Gasteiger partial charge in [-0.2, -0.15) is 0 Å². The normalized spacial score (nSPS) is 10.5. The van der Waals surface area contributed by atoms with E-state index in [0.29, 0.717) is 19.1 Å². The second-order valence-electron chi connectivity index (χ2n) is 5.97. The average molecular weight is 348 g/mol. The summed E-state index contributed by atoms with van der Waals surface area (Å²) in [5.41, 5.74) is 2.38. The highest BCUT2D eigenvalue weighted by Crippen LogP contribution is 2.15. The summed E-state index contributed by atoms with van der Waals surface area (Å²) >= 11 is 0. The molecule has 26 heavy (non-hydrogen) atoms. The van der Waals surface area contributed by atoms with E-state index < -0.39 is 0 Å². The van der Waals surface area contributed by atoms with Gasteiger partial charge < -0.3 is 14.8 Å². The van der Waals surface area contributed by atoms with E-state index in [2.05, 4.69) is 34.6 Å². The molecule has 0 bridgehead atoms. The molecule has 3 aromatic rings. The molecule has 0 saturated carbocycles. The predicted molar refractivity (Wildman–Crippen MR) is 103 cm³/mol. The number of hydrogen-bond donors (Lipinski definition) is 1. The van der Waals surface area contributed by atoms with Crippen molar-refractivity contribution in [2.24, 2.45) is 0 Å². The topological polar surface area (TPSA) is 43.4 Å². The fraction of sp³-hybridized carbons (Fsp3) is 0.227. The van der Waals surface area contributed by atoms with E-state index >= 15 is 0 Å². The third-order valence-electron chi connectivity index (χ3n) is 3.86. The Morgan fingerprint density at radius 1 is 0.808 bits per heavy atom.